The SMILES string of the molecule is CSCCC(N)C(=O)NC(CCC(N)=O)C(=O)NC(Cc1c[nH]c2ccccc12)C(=O)NC(CO)C(=O)O. The molecule has 0 spiro atoms. The number of hydrogen-bond donors (Lipinski definition) is 8. The third-order valence-electron chi connectivity index (χ3n) is 5.81. The van der Waals surface area contributed by atoms with Crippen LogP contribution in [0.3, 0.4) is 0 Å². The van der Waals surface area contributed by atoms with Gasteiger partial charge >= 0.3 is 5.97 Å². The van der Waals surface area contributed by atoms with Gasteiger partial charge in [-0.2, -0.15) is 11.8 Å². The fourth-order valence-electron chi connectivity index (χ4n) is 3.67. The number of aromatic amines is 1. The van der Waals surface area contributed by atoms with Crippen LogP contribution in [0.1, 0.15) is 24.8 Å². The quantitative estimate of drug-likeness (QED) is 0.122. The van der Waals surface area contributed by atoms with Crippen molar-refractivity contribution >= 4 is 52.3 Å². The number of aliphatic hydroxyl groups excluding tert-OH is 1. The zero-order chi connectivity index (χ0) is 28.2. The minimum atomic E-state index is -1.59. The van der Waals surface area contributed by atoms with Crippen LogP contribution >= 0.6 is 11.8 Å². The van der Waals surface area contributed by atoms with Gasteiger partial charge in [0, 0.05) is 29.9 Å². The fraction of sp³-hybridized carbons (Fsp3) is 0.458. The number of aliphatic carboxylic acids is 1. The Kier molecular flexibility index (Phi) is 12.0. The zero-order valence-electron chi connectivity index (χ0n) is 20.9. The Labute approximate surface area is 223 Å². The molecule has 1 aromatic heterocycles. The Bertz CT molecular complexity index is 1140. The van der Waals surface area contributed by atoms with Gasteiger partial charge in [0.05, 0.1) is 12.6 Å². The highest BCUT2D eigenvalue weighted by atomic mass is 32.2. The molecule has 208 valence electrons. The lowest BCUT2D eigenvalue weighted by atomic mass is 10.0. The summed E-state index contributed by atoms with van der Waals surface area (Å²) in [5.74, 6) is -3.77. The van der Waals surface area contributed by atoms with E-state index in [4.69, 9.17) is 11.5 Å². The Morgan fingerprint density at radius 3 is 2.24 bits per heavy atom. The highest BCUT2D eigenvalue weighted by molar-refractivity contribution is 7.98. The highest BCUT2D eigenvalue weighted by Gasteiger charge is 2.31. The number of aromatic nitrogens is 1. The smallest absolute Gasteiger partial charge is 0.328 e. The number of benzene rings is 1. The normalized spacial score (nSPS) is 14.2. The average molecular weight is 551 g/mol. The molecule has 14 heteroatoms. The van der Waals surface area contributed by atoms with Gasteiger partial charge in [0.1, 0.15) is 18.1 Å². The number of fused-ring (bicyclic) bond motifs is 1. The van der Waals surface area contributed by atoms with E-state index in [0.29, 0.717) is 17.7 Å². The van der Waals surface area contributed by atoms with Crippen LogP contribution in [0, 0.1) is 0 Å². The van der Waals surface area contributed by atoms with Gasteiger partial charge in [-0.25, -0.2) is 4.79 Å². The predicted molar refractivity (Wildman–Crippen MR) is 142 cm³/mol. The molecule has 38 heavy (non-hydrogen) atoms. The second kappa shape index (κ2) is 15.0. The van der Waals surface area contributed by atoms with E-state index < -0.39 is 60.4 Å². The first-order chi connectivity index (χ1) is 18.1. The number of hydrogen-bond acceptors (Lipinski definition) is 8. The van der Waals surface area contributed by atoms with Gasteiger partial charge < -0.3 is 42.6 Å². The largest absolute Gasteiger partial charge is 0.480 e. The van der Waals surface area contributed by atoms with E-state index in [1.54, 1.807) is 12.3 Å². The first-order valence-corrected chi connectivity index (χ1v) is 13.3. The molecule has 0 aliphatic rings. The number of carbonyl (C=O) groups is 5. The number of para-hydroxylation sites is 1. The molecular weight excluding hydrogens is 516 g/mol. The van der Waals surface area contributed by atoms with Crippen LogP contribution in [0.15, 0.2) is 30.5 Å². The number of rotatable bonds is 16. The van der Waals surface area contributed by atoms with E-state index in [-0.39, 0.29) is 19.3 Å². The molecule has 0 radical (unpaired) electrons. The monoisotopic (exact) mass is 550 g/mol. The second-order valence-electron chi connectivity index (χ2n) is 8.66. The van der Waals surface area contributed by atoms with Crippen molar-refractivity contribution in [3.63, 3.8) is 0 Å². The standard InChI is InChI=1S/C24H34N6O7S/c1-38-9-8-15(25)21(33)28-17(6-7-20(26)32)22(34)29-18(23(35)30-19(12-31)24(36)37)10-13-11-27-16-5-3-2-4-14(13)16/h2-5,11,15,17-19,27,31H,6-10,12,25H2,1H3,(H2,26,32)(H,28,33)(H,29,34)(H,30,35)(H,36,37). The van der Waals surface area contributed by atoms with Crippen molar-refractivity contribution in [1.29, 1.82) is 0 Å². The van der Waals surface area contributed by atoms with Crippen molar-refractivity contribution in [1.82, 2.24) is 20.9 Å². The van der Waals surface area contributed by atoms with E-state index in [0.717, 1.165) is 10.9 Å². The third kappa shape index (κ3) is 9.04. The van der Waals surface area contributed by atoms with Crippen LogP contribution in [-0.2, 0) is 30.4 Å². The first-order valence-electron chi connectivity index (χ1n) is 11.9. The maximum atomic E-state index is 13.2. The lowest BCUT2D eigenvalue weighted by Crippen LogP contribution is -2.58. The lowest BCUT2D eigenvalue weighted by molar-refractivity contribution is -0.143. The number of nitrogens with one attached hydrogen (secondary N) is 4. The van der Waals surface area contributed by atoms with Crippen LogP contribution < -0.4 is 27.4 Å². The van der Waals surface area contributed by atoms with Gasteiger partial charge in [-0.05, 0) is 36.5 Å². The molecular formula is C24H34N6O7S. The summed E-state index contributed by atoms with van der Waals surface area (Å²) in [6, 6.07) is 2.27. The maximum absolute atomic E-state index is 13.2. The summed E-state index contributed by atoms with van der Waals surface area (Å²) < 4.78 is 0. The summed E-state index contributed by atoms with van der Waals surface area (Å²) in [5.41, 5.74) is 12.6. The summed E-state index contributed by atoms with van der Waals surface area (Å²) in [5, 5.41) is 26.6. The van der Waals surface area contributed by atoms with E-state index in [9.17, 15) is 34.2 Å². The molecule has 2 rings (SSSR count). The van der Waals surface area contributed by atoms with Gasteiger partial charge in [-0.1, -0.05) is 18.2 Å². The number of aliphatic hydroxyl groups is 1. The predicted octanol–water partition coefficient (Wildman–Crippen LogP) is -1.41. The molecule has 1 aromatic carbocycles. The number of thioether (sulfide) groups is 1. The van der Waals surface area contributed by atoms with Crippen LogP contribution in [0.2, 0.25) is 0 Å². The molecule has 10 N–H and O–H groups in total. The van der Waals surface area contributed by atoms with Gasteiger partial charge in [0.2, 0.25) is 23.6 Å². The number of nitrogens with two attached hydrogens (primary N) is 2. The Hall–Kier alpha value is -3.62. The van der Waals surface area contributed by atoms with Crippen LogP contribution in [0.25, 0.3) is 10.9 Å². The first kappa shape index (κ1) is 30.6. The van der Waals surface area contributed by atoms with Crippen molar-refractivity contribution in [2.75, 3.05) is 18.6 Å². The number of carbonyl (C=O) groups excluding carboxylic acids is 4. The van der Waals surface area contributed by atoms with E-state index in [1.807, 2.05) is 24.5 Å². The molecule has 4 unspecified atom stereocenters. The lowest BCUT2D eigenvalue weighted by Gasteiger charge is -2.25. The third-order valence-corrected chi connectivity index (χ3v) is 6.46. The summed E-state index contributed by atoms with van der Waals surface area (Å²) in [4.78, 5) is 64.7. The second-order valence-corrected chi connectivity index (χ2v) is 9.65. The highest BCUT2D eigenvalue weighted by Crippen LogP contribution is 2.19. The minimum Gasteiger partial charge on any atom is -0.480 e. The molecule has 0 saturated heterocycles. The van der Waals surface area contributed by atoms with Crippen molar-refractivity contribution in [2.24, 2.45) is 11.5 Å². The van der Waals surface area contributed by atoms with Gasteiger partial charge in [-0.15, -0.1) is 0 Å². The van der Waals surface area contributed by atoms with Gasteiger partial charge in [0.15, 0.2) is 0 Å². The maximum Gasteiger partial charge on any atom is 0.328 e. The molecule has 0 bridgehead atoms. The van der Waals surface area contributed by atoms with Gasteiger partial charge in [0.25, 0.3) is 0 Å². The van der Waals surface area contributed by atoms with Crippen molar-refractivity contribution in [3.05, 3.63) is 36.0 Å². The fourth-order valence-corrected chi connectivity index (χ4v) is 4.16. The minimum absolute atomic E-state index is 0.0386. The molecule has 13 nitrogen and oxygen atoms in total. The number of carboxylic acid groups (broad SMARTS) is 1. The number of amides is 4. The molecule has 0 aliphatic heterocycles. The van der Waals surface area contributed by atoms with Crippen LogP contribution in [-0.4, -0.2) is 87.6 Å². The Morgan fingerprint density at radius 1 is 0.974 bits per heavy atom. The summed E-state index contributed by atoms with van der Waals surface area (Å²) in [7, 11) is 0. The van der Waals surface area contributed by atoms with Crippen molar-refractivity contribution < 1.29 is 34.2 Å². The summed E-state index contributed by atoms with van der Waals surface area (Å²) in [6.45, 7) is -0.861. The molecule has 4 atom stereocenters. The zero-order valence-corrected chi connectivity index (χ0v) is 21.8. The molecule has 4 amide bonds. The molecule has 0 aliphatic carbocycles. The Morgan fingerprint density at radius 2 is 1.61 bits per heavy atom. The summed E-state index contributed by atoms with van der Waals surface area (Å²) in [6.07, 6.45) is 3.48. The number of H-pyrrole nitrogens is 1. The van der Waals surface area contributed by atoms with E-state index >= 15 is 0 Å². The van der Waals surface area contributed by atoms with E-state index in [2.05, 4.69) is 20.9 Å². The number of carboxylic acids is 1. The molecule has 1 heterocycles. The Balaban J connectivity index is 2.29. The summed E-state index contributed by atoms with van der Waals surface area (Å²) >= 11 is 1.50. The van der Waals surface area contributed by atoms with E-state index in [1.165, 1.54) is 11.8 Å². The van der Waals surface area contributed by atoms with Crippen LogP contribution in [0.5, 0.6) is 0 Å². The number of primary amides is 1. The van der Waals surface area contributed by atoms with Gasteiger partial charge in [-0.3, -0.25) is 19.2 Å². The topological polar surface area (TPSA) is 230 Å². The molecule has 2 aromatic rings. The molecule has 0 fully saturated rings. The molecule has 0 saturated carbocycles. The van der Waals surface area contributed by atoms with Crippen LogP contribution in [0.4, 0.5) is 0 Å². The van der Waals surface area contributed by atoms with Crippen molar-refractivity contribution in [2.45, 2.75) is 49.9 Å². The van der Waals surface area contributed by atoms with Crippen molar-refractivity contribution in [3.8, 4) is 0 Å². The average Bonchev–Trinajstić information content (AvgIpc) is 3.29.